The number of carbonyl (C=O) groups excluding carboxylic acids is 1. The summed E-state index contributed by atoms with van der Waals surface area (Å²) in [6, 6.07) is 9.09. The Hall–Kier alpha value is -1.36. The Balaban J connectivity index is 2.54. The molecule has 94 valence electrons. The summed E-state index contributed by atoms with van der Waals surface area (Å²) in [5.74, 6) is -0.506. The van der Waals surface area contributed by atoms with E-state index < -0.39 is 22.1 Å². The highest BCUT2D eigenvalue weighted by atomic mass is 32.2. The van der Waals surface area contributed by atoms with Gasteiger partial charge in [0.1, 0.15) is 0 Å². The minimum absolute atomic E-state index is 0.101. The largest absolute Gasteiger partial charge is 0.446 e. The molecular weight excluding hydrogens is 240 g/mol. The average Bonchev–Trinajstić information content (AvgIpc) is 2.29. The van der Waals surface area contributed by atoms with E-state index in [1.54, 1.807) is 12.1 Å². The maximum atomic E-state index is 11.5. The van der Waals surface area contributed by atoms with Crippen LogP contribution in [0.3, 0.4) is 0 Å². The Labute approximate surface area is 103 Å². The van der Waals surface area contributed by atoms with Crippen LogP contribution in [0.15, 0.2) is 30.3 Å². The predicted molar refractivity (Wildman–Crippen MR) is 65.2 cm³/mol. The molecular formula is C12H16O4S. The molecule has 0 N–H and O–H groups in total. The third-order valence-corrected chi connectivity index (χ3v) is 3.06. The van der Waals surface area contributed by atoms with E-state index in [9.17, 15) is 13.2 Å². The molecule has 4 nitrogen and oxygen atoms in total. The van der Waals surface area contributed by atoms with Gasteiger partial charge in [0.05, 0.1) is 6.42 Å². The second kappa shape index (κ2) is 7.06. The van der Waals surface area contributed by atoms with Crippen LogP contribution in [-0.2, 0) is 26.7 Å². The van der Waals surface area contributed by atoms with E-state index in [4.69, 9.17) is 4.74 Å². The van der Waals surface area contributed by atoms with Crippen molar-refractivity contribution in [1.82, 2.24) is 0 Å². The minimum atomic E-state index is -2.72. The van der Waals surface area contributed by atoms with Gasteiger partial charge in [0.25, 0.3) is 0 Å². The predicted octanol–water partition coefficient (Wildman–Crippen LogP) is 1.51. The third-order valence-electron chi connectivity index (χ3n) is 2.23. The average molecular weight is 256 g/mol. The number of hydrogen-bond acceptors (Lipinski definition) is 4. The lowest BCUT2D eigenvalue weighted by Gasteiger charge is -2.10. The summed E-state index contributed by atoms with van der Waals surface area (Å²) in [7, 11) is -2.72. The van der Waals surface area contributed by atoms with Crippen LogP contribution in [0.5, 0.6) is 0 Å². The zero-order chi connectivity index (χ0) is 12.7. The fourth-order valence-electron chi connectivity index (χ4n) is 1.41. The van der Waals surface area contributed by atoms with Crippen molar-refractivity contribution in [2.24, 2.45) is 0 Å². The molecule has 17 heavy (non-hydrogen) atoms. The second-order valence-electron chi connectivity index (χ2n) is 3.68. The molecule has 0 spiro atoms. The highest BCUT2D eigenvalue weighted by molar-refractivity contribution is 7.73. The van der Waals surface area contributed by atoms with Crippen molar-refractivity contribution < 1.29 is 17.9 Å². The lowest BCUT2D eigenvalue weighted by atomic mass is 10.2. The van der Waals surface area contributed by atoms with Crippen LogP contribution in [0.1, 0.15) is 25.3 Å². The quantitative estimate of drug-likeness (QED) is 0.619. The molecule has 0 aliphatic carbocycles. The molecule has 0 amide bonds. The van der Waals surface area contributed by atoms with Gasteiger partial charge < -0.3 is 4.74 Å². The summed E-state index contributed by atoms with van der Waals surface area (Å²) in [4.78, 5) is 11.5. The van der Waals surface area contributed by atoms with Crippen molar-refractivity contribution in [2.45, 2.75) is 31.6 Å². The van der Waals surface area contributed by atoms with E-state index in [1.165, 1.54) is 0 Å². The highest BCUT2D eigenvalue weighted by Gasteiger charge is 2.16. The highest BCUT2D eigenvalue weighted by Crippen LogP contribution is 2.07. The van der Waals surface area contributed by atoms with Crippen LogP contribution in [-0.4, -0.2) is 19.8 Å². The molecule has 0 fully saturated rings. The summed E-state index contributed by atoms with van der Waals surface area (Å²) in [6.45, 7) is 1.84. The molecule has 0 aliphatic rings. The van der Waals surface area contributed by atoms with Gasteiger partial charge in [-0.2, -0.15) is 0 Å². The third kappa shape index (κ3) is 4.99. The fraction of sp³-hybridized carbons (Fsp3) is 0.417. The van der Waals surface area contributed by atoms with Crippen molar-refractivity contribution >= 4 is 16.7 Å². The zero-order valence-electron chi connectivity index (χ0n) is 9.67. The van der Waals surface area contributed by atoms with Gasteiger partial charge in [-0.05, 0) is 12.0 Å². The van der Waals surface area contributed by atoms with Gasteiger partial charge in [-0.3, -0.25) is 4.79 Å². The van der Waals surface area contributed by atoms with Gasteiger partial charge >= 0.3 is 5.97 Å². The summed E-state index contributed by atoms with van der Waals surface area (Å²) in [5.41, 5.74) is -0.180. The first-order chi connectivity index (χ1) is 8.13. The molecule has 0 aromatic heterocycles. The molecule has 0 saturated carbocycles. The number of benzene rings is 1. The van der Waals surface area contributed by atoms with Crippen LogP contribution in [0.25, 0.3) is 0 Å². The van der Waals surface area contributed by atoms with Gasteiger partial charge in [0.2, 0.25) is 0 Å². The van der Waals surface area contributed by atoms with E-state index >= 15 is 0 Å². The van der Waals surface area contributed by atoms with Crippen LogP contribution in [0, 0.1) is 0 Å². The lowest BCUT2D eigenvalue weighted by Crippen LogP contribution is -2.20. The maximum Gasteiger partial charge on any atom is 0.311 e. The van der Waals surface area contributed by atoms with Crippen molar-refractivity contribution in [1.29, 1.82) is 0 Å². The van der Waals surface area contributed by atoms with Crippen LogP contribution >= 0.6 is 0 Å². The van der Waals surface area contributed by atoms with Gasteiger partial charge in [-0.1, -0.05) is 43.7 Å². The molecule has 0 aliphatic heterocycles. The smallest absolute Gasteiger partial charge is 0.311 e. The Morgan fingerprint density at radius 2 is 1.94 bits per heavy atom. The number of thiol groups is 1. The number of carbonyl (C=O) groups is 1. The van der Waals surface area contributed by atoms with E-state index in [0.29, 0.717) is 12.8 Å². The van der Waals surface area contributed by atoms with E-state index in [-0.39, 0.29) is 6.42 Å². The molecule has 1 aromatic rings. The molecule has 1 aromatic carbocycles. The topological polar surface area (TPSA) is 60.4 Å². The molecule has 0 heterocycles. The fourth-order valence-corrected chi connectivity index (χ4v) is 2.08. The summed E-state index contributed by atoms with van der Waals surface area (Å²) in [5, 5.41) is 0. The number of esters is 1. The Morgan fingerprint density at radius 1 is 1.29 bits per heavy atom. The van der Waals surface area contributed by atoms with E-state index in [0.717, 1.165) is 5.56 Å². The number of hydrogen-bond donors (Lipinski definition) is 1. The van der Waals surface area contributed by atoms with Crippen molar-refractivity contribution in [3.63, 3.8) is 0 Å². The second-order valence-corrected chi connectivity index (χ2v) is 4.83. The molecule has 0 bridgehead atoms. The molecule has 1 unspecified atom stereocenters. The summed E-state index contributed by atoms with van der Waals surface area (Å²) in [6.07, 6.45) is 1.11. The molecule has 1 rings (SSSR count). The van der Waals surface area contributed by atoms with Crippen molar-refractivity contribution in [2.75, 3.05) is 0 Å². The zero-order valence-corrected chi connectivity index (χ0v) is 10.6. The summed E-state index contributed by atoms with van der Waals surface area (Å²) < 4.78 is 26.6. The van der Waals surface area contributed by atoms with Gasteiger partial charge in [-0.15, -0.1) is 0 Å². The number of rotatable bonds is 6. The Kier molecular flexibility index (Phi) is 5.69. The first-order valence-corrected chi connectivity index (χ1v) is 6.75. The molecule has 1 atom stereocenters. The SMILES string of the molecule is CCCC(OC(=O)Cc1ccccc1)[SH](=O)=O. The van der Waals surface area contributed by atoms with Crippen molar-refractivity contribution in [3.8, 4) is 0 Å². The van der Waals surface area contributed by atoms with Crippen LogP contribution in [0.4, 0.5) is 0 Å². The van der Waals surface area contributed by atoms with Crippen molar-refractivity contribution in [3.05, 3.63) is 35.9 Å². The normalized spacial score (nSPS) is 12.4. The van der Waals surface area contributed by atoms with Gasteiger partial charge in [-0.25, -0.2) is 8.42 Å². The molecule has 0 radical (unpaired) electrons. The van der Waals surface area contributed by atoms with E-state index in [2.05, 4.69) is 0 Å². The molecule has 5 heteroatoms. The van der Waals surface area contributed by atoms with Crippen LogP contribution in [0.2, 0.25) is 0 Å². The van der Waals surface area contributed by atoms with Gasteiger partial charge in [0.15, 0.2) is 16.1 Å². The minimum Gasteiger partial charge on any atom is -0.446 e. The number of ether oxygens (including phenoxy) is 1. The summed E-state index contributed by atoms with van der Waals surface area (Å²) >= 11 is 0. The monoisotopic (exact) mass is 256 g/mol. The lowest BCUT2D eigenvalue weighted by molar-refractivity contribution is -0.144. The Bertz CT molecular complexity index is 417. The Morgan fingerprint density at radius 3 is 2.47 bits per heavy atom. The van der Waals surface area contributed by atoms with E-state index in [1.807, 2.05) is 25.1 Å². The first-order valence-electron chi connectivity index (χ1n) is 5.50. The maximum absolute atomic E-state index is 11.5. The standard InChI is InChI=1S/C12H16O4S/c1-2-6-12(17(14)15)16-11(13)9-10-7-4-3-5-8-10/h3-5,7-8,12,17H,2,6,9H2,1H3. The van der Waals surface area contributed by atoms with Gasteiger partial charge in [0, 0.05) is 0 Å². The first kappa shape index (κ1) is 13.7. The van der Waals surface area contributed by atoms with Crippen LogP contribution < -0.4 is 0 Å². The molecule has 0 saturated heterocycles.